The number of rotatable bonds is 5. The number of carbonyl (C=O) groups is 1. The number of hydrogen-bond acceptors (Lipinski definition) is 3. The zero-order valence-electron chi connectivity index (χ0n) is 12.7. The monoisotopic (exact) mass is 298 g/mol. The van der Waals surface area contributed by atoms with Gasteiger partial charge in [0.05, 0.1) is 18.8 Å². The second kappa shape index (κ2) is 7.22. The molecule has 1 aromatic heterocycles. The van der Waals surface area contributed by atoms with Crippen LogP contribution in [0.2, 0.25) is 0 Å². The molecule has 1 fully saturated rings. The van der Waals surface area contributed by atoms with Gasteiger partial charge in [-0.1, -0.05) is 36.8 Å². The van der Waals surface area contributed by atoms with Gasteiger partial charge in [0.15, 0.2) is 0 Å². The Morgan fingerprint density at radius 2 is 2.14 bits per heavy atom. The maximum atomic E-state index is 12.1. The van der Waals surface area contributed by atoms with Gasteiger partial charge in [-0.15, -0.1) is 0 Å². The number of carbonyl (C=O) groups excluding carboxylic acids is 1. The van der Waals surface area contributed by atoms with Gasteiger partial charge in [-0.25, -0.2) is 0 Å². The van der Waals surface area contributed by atoms with Crippen molar-refractivity contribution in [3.05, 3.63) is 53.9 Å². The Morgan fingerprint density at radius 1 is 1.27 bits per heavy atom. The number of amides is 1. The summed E-state index contributed by atoms with van der Waals surface area (Å²) >= 11 is 0. The highest BCUT2D eigenvalue weighted by molar-refractivity contribution is 5.81. The number of aromatic nitrogens is 2. The maximum Gasteiger partial charge on any atom is 0.237 e. The molecular formula is C17H22N4O. The van der Waals surface area contributed by atoms with Crippen LogP contribution >= 0.6 is 0 Å². The molecule has 1 atom stereocenters. The summed E-state index contributed by atoms with van der Waals surface area (Å²) in [6.07, 6.45) is 7.02. The van der Waals surface area contributed by atoms with Gasteiger partial charge >= 0.3 is 0 Å². The molecule has 22 heavy (non-hydrogen) atoms. The van der Waals surface area contributed by atoms with E-state index in [0.717, 1.165) is 37.9 Å². The van der Waals surface area contributed by atoms with E-state index in [-0.39, 0.29) is 11.9 Å². The van der Waals surface area contributed by atoms with Gasteiger partial charge in [-0.3, -0.25) is 9.48 Å². The number of nitrogens with zero attached hydrogens (tertiary/aromatic N) is 2. The minimum absolute atomic E-state index is 0.0342. The van der Waals surface area contributed by atoms with Crippen molar-refractivity contribution >= 4 is 5.91 Å². The van der Waals surface area contributed by atoms with Gasteiger partial charge in [0.2, 0.25) is 5.91 Å². The van der Waals surface area contributed by atoms with Gasteiger partial charge in [-0.05, 0) is 24.9 Å². The molecule has 0 radical (unpaired) electrons. The highest BCUT2D eigenvalue weighted by Gasteiger charge is 2.19. The first kappa shape index (κ1) is 14.8. The van der Waals surface area contributed by atoms with Crippen LogP contribution in [0.25, 0.3) is 0 Å². The lowest BCUT2D eigenvalue weighted by Gasteiger charge is -2.22. The lowest BCUT2D eigenvalue weighted by molar-refractivity contribution is -0.123. The summed E-state index contributed by atoms with van der Waals surface area (Å²) in [4.78, 5) is 12.1. The molecule has 2 heterocycles. The average Bonchev–Trinajstić information content (AvgIpc) is 3.02. The third-order valence-corrected chi connectivity index (χ3v) is 3.97. The maximum absolute atomic E-state index is 12.1. The summed E-state index contributed by atoms with van der Waals surface area (Å²) in [6, 6.07) is 10.2. The molecule has 1 amide bonds. The fourth-order valence-electron chi connectivity index (χ4n) is 2.74. The zero-order valence-corrected chi connectivity index (χ0v) is 12.7. The summed E-state index contributed by atoms with van der Waals surface area (Å²) in [6.45, 7) is 2.22. The highest BCUT2D eigenvalue weighted by Crippen LogP contribution is 2.08. The molecule has 1 saturated heterocycles. The number of nitrogens with one attached hydrogen (secondary N) is 2. The van der Waals surface area contributed by atoms with Crippen molar-refractivity contribution in [2.24, 2.45) is 0 Å². The van der Waals surface area contributed by atoms with Gasteiger partial charge in [0, 0.05) is 18.3 Å². The smallest absolute Gasteiger partial charge is 0.237 e. The first-order chi connectivity index (χ1) is 10.8. The molecule has 0 saturated carbocycles. The molecule has 0 aliphatic carbocycles. The van der Waals surface area contributed by atoms with Crippen molar-refractivity contribution < 1.29 is 4.79 Å². The fourth-order valence-corrected chi connectivity index (χ4v) is 2.74. The second-order valence-electron chi connectivity index (χ2n) is 5.75. The van der Waals surface area contributed by atoms with Crippen LogP contribution in [-0.2, 0) is 17.9 Å². The Balaban J connectivity index is 1.50. The van der Waals surface area contributed by atoms with Crippen molar-refractivity contribution in [1.29, 1.82) is 0 Å². The summed E-state index contributed by atoms with van der Waals surface area (Å²) in [5, 5.41) is 10.6. The number of benzene rings is 1. The Labute approximate surface area is 130 Å². The van der Waals surface area contributed by atoms with Crippen molar-refractivity contribution in [2.75, 3.05) is 6.54 Å². The van der Waals surface area contributed by atoms with Gasteiger partial charge in [0.25, 0.3) is 0 Å². The van der Waals surface area contributed by atoms with E-state index in [0.29, 0.717) is 6.54 Å². The molecular weight excluding hydrogens is 276 g/mol. The Bertz CT molecular complexity index is 602. The molecule has 1 aliphatic heterocycles. The Hall–Kier alpha value is -2.14. The molecule has 5 heteroatoms. The summed E-state index contributed by atoms with van der Waals surface area (Å²) in [7, 11) is 0. The first-order valence-corrected chi connectivity index (χ1v) is 7.87. The lowest BCUT2D eigenvalue weighted by Crippen LogP contribution is -2.46. The molecule has 0 spiro atoms. The second-order valence-corrected chi connectivity index (χ2v) is 5.75. The number of piperidine rings is 1. The SMILES string of the molecule is O=C(NCc1cnn(Cc2ccccc2)c1)C1CCCCN1. The van der Waals surface area contributed by atoms with Crippen LogP contribution in [0.15, 0.2) is 42.7 Å². The standard InChI is InChI=1S/C17H22N4O/c22-17(16-8-4-5-9-18-16)19-10-15-11-20-21(13-15)12-14-6-2-1-3-7-14/h1-3,6-7,11,13,16,18H,4-5,8-10,12H2,(H,19,22). The van der Waals surface area contributed by atoms with E-state index in [2.05, 4.69) is 27.9 Å². The predicted octanol–water partition coefficient (Wildman–Crippen LogP) is 1.69. The zero-order chi connectivity index (χ0) is 15.2. The van der Waals surface area contributed by atoms with Gasteiger partial charge < -0.3 is 10.6 Å². The third-order valence-electron chi connectivity index (χ3n) is 3.97. The van der Waals surface area contributed by atoms with E-state index in [9.17, 15) is 4.79 Å². The Kier molecular flexibility index (Phi) is 4.85. The molecule has 2 aromatic rings. The molecule has 1 unspecified atom stereocenters. The van der Waals surface area contributed by atoms with Crippen LogP contribution in [0.3, 0.4) is 0 Å². The molecule has 3 rings (SSSR count). The van der Waals surface area contributed by atoms with E-state index in [4.69, 9.17) is 0 Å². The van der Waals surface area contributed by atoms with Crippen molar-refractivity contribution in [1.82, 2.24) is 20.4 Å². The predicted molar refractivity (Wildman–Crippen MR) is 85.3 cm³/mol. The normalized spacial score (nSPS) is 18.1. The summed E-state index contributed by atoms with van der Waals surface area (Å²) in [5.74, 6) is 0.0931. The molecule has 116 valence electrons. The quantitative estimate of drug-likeness (QED) is 0.883. The minimum atomic E-state index is -0.0342. The van der Waals surface area contributed by atoms with E-state index in [1.54, 1.807) is 0 Å². The summed E-state index contributed by atoms with van der Waals surface area (Å²) < 4.78 is 1.90. The van der Waals surface area contributed by atoms with Crippen LogP contribution in [0.5, 0.6) is 0 Å². The van der Waals surface area contributed by atoms with E-state index >= 15 is 0 Å². The van der Waals surface area contributed by atoms with Crippen LogP contribution in [0.1, 0.15) is 30.4 Å². The van der Waals surface area contributed by atoms with Crippen molar-refractivity contribution in [2.45, 2.75) is 38.4 Å². The molecule has 5 nitrogen and oxygen atoms in total. The van der Waals surface area contributed by atoms with Crippen molar-refractivity contribution in [3.63, 3.8) is 0 Å². The van der Waals surface area contributed by atoms with E-state index < -0.39 is 0 Å². The van der Waals surface area contributed by atoms with Crippen LogP contribution in [0.4, 0.5) is 0 Å². The summed E-state index contributed by atoms with van der Waals surface area (Å²) in [5.41, 5.74) is 2.24. The van der Waals surface area contributed by atoms with Crippen molar-refractivity contribution in [3.8, 4) is 0 Å². The van der Waals surface area contributed by atoms with Gasteiger partial charge in [0.1, 0.15) is 0 Å². The van der Waals surface area contributed by atoms with Crippen LogP contribution in [-0.4, -0.2) is 28.3 Å². The molecule has 2 N–H and O–H groups in total. The minimum Gasteiger partial charge on any atom is -0.351 e. The number of hydrogen-bond donors (Lipinski definition) is 2. The third kappa shape index (κ3) is 3.95. The first-order valence-electron chi connectivity index (χ1n) is 7.87. The Morgan fingerprint density at radius 3 is 2.91 bits per heavy atom. The lowest BCUT2D eigenvalue weighted by atomic mass is 10.0. The fraction of sp³-hybridized carbons (Fsp3) is 0.412. The van der Waals surface area contributed by atoms with Crippen LogP contribution < -0.4 is 10.6 Å². The molecule has 0 bridgehead atoms. The van der Waals surface area contributed by atoms with E-state index in [1.165, 1.54) is 5.56 Å². The van der Waals surface area contributed by atoms with Gasteiger partial charge in [-0.2, -0.15) is 5.10 Å². The van der Waals surface area contributed by atoms with Crippen LogP contribution in [0, 0.1) is 0 Å². The molecule has 1 aliphatic rings. The molecule has 1 aromatic carbocycles. The highest BCUT2D eigenvalue weighted by atomic mass is 16.2. The average molecular weight is 298 g/mol. The van der Waals surface area contributed by atoms with E-state index in [1.807, 2.05) is 35.3 Å². The largest absolute Gasteiger partial charge is 0.351 e. The topological polar surface area (TPSA) is 59.0 Å².